The van der Waals surface area contributed by atoms with Gasteiger partial charge in [0.05, 0.1) is 11.7 Å². The molecule has 3 heterocycles. The number of nitrogens with two attached hydrogens (primary N) is 1. The summed E-state index contributed by atoms with van der Waals surface area (Å²) in [6.07, 6.45) is 4.49. The van der Waals surface area contributed by atoms with Gasteiger partial charge < -0.3 is 16.4 Å². The summed E-state index contributed by atoms with van der Waals surface area (Å²) in [5, 5.41) is 9.55. The van der Waals surface area contributed by atoms with Crippen LogP contribution in [0.5, 0.6) is 0 Å². The molecule has 0 bridgehead atoms. The monoisotopic (exact) mass is 453 g/mol. The van der Waals surface area contributed by atoms with Crippen LogP contribution in [0.4, 0.5) is 21.8 Å². The number of aromatic nitrogens is 4. The van der Waals surface area contributed by atoms with Gasteiger partial charge in [-0.2, -0.15) is 0 Å². The Morgan fingerprint density at radius 3 is 2.47 bits per heavy atom. The number of benzene rings is 2. The molecular weight excluding hydrogens is 429 g/mol. The summed E-state index contributed by atoms with van der Waals surface area (Å²) in [6, 6.07) is 13.2. The second-order valence-electron chi connectivity index (χ2n) is 8.26. The summed E-state index contributed by atoms with van der Waals surface area (Å²) in [6.45, 7) is 5.34. The Hall–Kier alpha value is -4.33. The Labute approximate surface area is 196 Å². The number of pyridine rings is 2. The van der Waals surface area contributed by atoms with Gasteiger partial charge in [-0.05, 0) is 71.8 Å². The molecule has 5 aromatic rings. The lowest BCUT2D eigenvalue weighted by atomic mass is 9.96. The Balaban J connectivity index is 1.29. The average Bonchev–Trinajstić information content (AvgIpc) is 2.83. The third kappa shape index (κ3) is 4.30. The molecule has 4 N–H and O–H groups in total. The summed E-state index contributed by atoms with van der Waals surface area (Å²) >= 11 is 0. The van der Waals surface area contributed by atoms with Crippen LogP contribution in [0.1, 0.15) is 22.3 Å². The molecule has 8 heteroatoms. The fraction of sp³-hybridized carbons (Fsp3) is 0.154. The molecule has 0 aliphatic heterocycles. The number of hydrogen-bond donors (Lipinski definition) is 3. The van der Waals surface area contributed by atoms with Gasteiger partial charge in [-0.1, -0.05) is 6.07 Å². The molecule has 0 fully saturated rings. The average molecular weight is 454 g/mol. The lowest BCUT2D eigenvalue weighted by Gasteiger charge is -2.15. The van der Waals surface area contributed by atoms with E-state index in [-0.39, 0.29) is 5.82 Å². The molecule has 3 aromatic heterocycles. The second kappa shape index (κ2) is 8.90. The number of fused-ring (bicyclic) bond motifs is 2. The van der Waals surface area contributed by atoms with E-state index in [4.69, 9.17) is 5.73 Å². The van der Waals surface area contributed by atoms with Crippen molar-refractivity contribution in [3.8, 4) is 0 Å². The van der Waals surface area contributed by atoms with Crippen molar-refractivity contribution in [1.29, 1.82) is 0 Å². The van der Waals surface area contributed by atoms with Gasteiger partial charge >= 0.3 is 0 Å². The van der Waals surface area contributed by atoms with Crippen LogP contribution in [0.15, 0.2) is 61.2 Å². The predicted molar refractivity (Wildman–Crippen MR) is 134 cm³/mol. The first-order valence-corrected chi connectivity index (χ1v) is 10.9. The third-order valence-electron chi connectivity index (χ3n) is 6.01. The molecule has 0 atom stereocenters. The van der Waals surface area contributed by atoms with Crippen LogP contribution in [0.25, 0.3) is 21.7 Å². The topological polar surface area (TPSA) is 102 Å². The Morgan fingerprint density at radius 1 is 0.853 bits per heavy atom. The van der Waals surface area contributed by atoms with Gasteiger partial charge in [0.1, 0.15) is 29.6 Å². The van der Waals surface area contributed by atoms with E-state index in [1.165, 1.54) is 29.7 Å². The highest BCUT2D eigenvalue weighted by atomic mass is 19.1. The number of anilines is 3. The Kier molecular flexibility index (Phi) is 5.63. The fourth-order valence-corrected chi connectivity index (χ4v) is 4.19. The largest absolute Gasteiger partial charge is 0.383 e. The summed E-state index contributed by atoms with van der Waals surface area (Å²) in [5.41, 5.74) is 11.3. The summed E-state index contributed by atoms with van der Waals surface area (Å²) in [7, 11) is 0. The van der Waals surface area contributed by atoms with Crippen molar-refractivity contribution < 1.29 is 4.39 Å². The SMILES string of the molecule is Cc1cc2c(N)nccc2c(C)c1CNc1cc(NCc2ccc3ncc(F)cc3c2)ncn1. The van der Waals surface area contributed by atoms with Crippen molar-refractivity contribution in [2.24, 2.45) is 0 Å². The van der Waals surface area contributed by atoms with Crippen molar-refractivity contribution in [3.05, 3.63) is 89.3 Å². The smallest absolute Gasteiger partial charge is 0.142 e. The molecule has 0 aliphatic carbocycles. The van der Waals surface area contributed by atoms with Gasteiger partial charge in [-0.25, -0.2) is 19.3 Å². The van der Waals surface area contributed by atoms with Gasteiger partial charge in [-0.3, -0.25) is 4.98 Å². The summed E-state index contributed by atoms with van der Waals surface area (Å²) < 4.78 is 13.5. The number of hydrogen-bond acceptors (Lipinski definition) is 7. The zero-order chi connectivity index (χ0) is 23.7. The number of halogens is 1. The predicted octanol–water partition coefficient (Wildman–Crippen LogP) is 5.14. The molecule has 0 unspecified atom stereocenters. The third-order valence-corrected chi connectivity index (χ3v) is 6.01. The van der Waals surface area contributed by atoms with E-state index < -0.39 is 0 Å². The molecule has 7 nitrogen and oxygen atoms in total. The van der Waals surface area contributed by atoms with E-state index in [2.05, 4.69) is 50.5 Å². The standard InChI is InChI=1S/C26H24FN7/c1-15-7-21-20(5-6-29-26(21)28)16(2)22(15)13-32-25-10-24(33-14-34-25)31-11-17-3-4-23-18(8-17)9-19(27)12-30-23/h3-10,12,14H,11,13H2,1-2H3,(H2,28,29)(H2,31,32,33,34). The number of aryl methyl sites for hydroxylation is 2. The minimum atomic E-state index is -0.346. The van der Waals surface area contributed by atoms with E-state index in [0.29, 0.717) is 24.7 Å². The normalized spacial score (nSPS) is 11.1. The molecule has 5 rings (SSSR count). The van der Waals surface area contributed by atoms with Gasteiger partial charge in [-0.15, -0.1) is 0 Å². The summed E-state index contributed by atoms with van der Waals surface area (Å²) in [4.78, 5) is 17.0. The number of nitrogens with zero attached hydrogens (tertiary/aromatic N) is 4. The van der Waals surface area contributed by atoms with Crippen LogP contribution in [0, 0.1) is 19.7 Å². The molecular formula is C26H24FN7. The zero-order valence-electron chi connectivity index (χ0n) is 18.9. The van der Waals surface area contributed by atoms with Gasteiger partial charge in [0, 0.05) is 36.1 Å². The van der Waals surface area contributed by atoms with Crippen LogP contribution in [0.2, 0.25) is 0 Å². The number of nitrogen functional groups attached to an aromatic ring is 1. The first-order chi connectivity index (χ1) is 16.5. The van der Waals surface area contributed by atoms with Crippen LogP contribution < -0.4 is 16.4 Å². The fourth-order valence-electron chi connectivity index (χ4n) is 4.19. The highest BCUT2D eigenvalue weighted by molar-refractivity contribution is 5.94. The maximum Gasteiger partial charge on any atom is 0.142 e. The zero-order valence-corrected chi connectivity index (χ0v) is 18.9. The van der Waals surface area contributed by atoms with E-state index in [1.54, 1.807) is 6.20 Å². The van der Waals surface area contributed by atoms with Gasteiger partial charge in [0.2, 0.25) is 0 Å². The number of rotatable bonds is 6. The van der Waals surface area contributed by atoms with E-state index >= 15 is 0 Å². The van der Waals surface area contributed by atoms with E-state index in [1.807, 2.05) is 30.3 Å². The minimum Gasteiger partial charge on any atom is -0.383 e. The van der Waals surface area contributed by atoms with Gasteiger partial charge in [0.25, 0.3) is 0 Å². The van der Waals surface area contributed by atoms with Crippen molar-refractivity contribution in [1.82, 2.24) is 19.9 Å². The molecule has 170 valence electrons. The quantitative estimate of drug-likeness (QED) is 0.327. The van der Waals surface area contributed by atoms with E-state index in [9.17, 15) is 4.39 Å². The van der Waals surface area contributed by atoms with Crippen LogP contribution in [0.3, 0.4) is 0 Å². The molecule has 2 aromatic carbocycles. The second-order valence-corrected chi connectivity index (χ2v) is 8.26. The molecule has 0 amide bonds. The molecule has 0 saturated heterocycles. The molecule has 0 aliphatic rings. The van der Waals surface area contributed by atoms with Gasteiger partial charge in [0.15, 0.2) is 0 Å². The van der Waals surface area contributed by atoms with Crippen LogP contribution >= 0.6 is 0 Å². The molecule has 0 spiro atoms. The van der Waals surface area contributed by atoms with Crippen molar-refractivity contribution in [2.75, 3.05) is 16.4 Å². The maximum atomic E-state index is 13.5. The summed E-state index contributed by atoms with van der Waals surface area (Å²) in [5.74, 6) is 1.61. The lowest BCUT2D eigenvalue weighted by Crippen LogP contribution is -2.08. The number of nitrogens with one attached hydrogen (secondary N) is 2. The van der Waals surface area contributed by atoms with Crippen LogP contribution in [-0.4, -0.2) is 19.9 Å². The molecule has 0 radical (unpaired) electrons. The highest BCUT2D eigenvalue weighted by Gasteiger charge is 2.10. The Bertz CT molecular complexity index is 1520. The molecule has 0 saturated carbocycles. The highest BCUT2D eigenvalue weighted by Crippen LogP contribution is 2.28. The molecule has 34 heavy (non-hydrogen) atoms. The van der Waals surface area contributed by atoms with Crippen LogP contribution in [-0.2, 0) is 13.1 Å². The first kappa shape index (κ1) is 21.5. The van der Waals surface area contributed by atoms with Crippen molar-refractivity contribution in [3.63, 3.8) is 0 Å². The Morgan fingerprint density at radius 2 is 1.65 bits per heavy atom. The minimum absolute atomic E-state index is 0.346. The maximum absolute atomic E-state index is 13.5. The van der Waals surface area contributed by atoms with Crippen molar-refractivity contribution in [2.45, 2.75) is 26.9 Å². The van der Waals surface area contributed by atoms with Crippen molar-refractivity contribution >= 4 is 39.1 Å². The van der Waals surface area contributed by atoms with E-state index in [0.717, 1.165) is 38.6 Å². The lowest BCUT2D eigenvalue weighted by molar-refractivity contribution is 0.624. The first-order valence-electron chi connectivity index (χ1n) is 10.9.